The molecule has 2 aromatic rings. The van der Waals surface area contributed by atoms with Gasteiger partial charge < -0.3 is 4.90 Å². The number of carbonyl (C=O) groups excluding carboxylic acids is 2. The molecule has 0 saturated heterocycles. The normalized spacial score (nSPS) is 13.5. The highest BCUT2D eigenvalue weighted by Gasteiger charge is 2.27. The van der Waals surface area contributed by atoms with E-state index in [0.29, 0.717) is 12.1 Å². The fraction of sp³-hybridized carbons (Fsp3) is 0.125. The second kappa shape index (κ2) is 4.35. The standard InChI is InChI=1S/C16H13NO2/c1-11(18)12-6-8-14(9-7-12)17-10-13-4-2-3-5-15(13)16(17)19/h2-9H,10H2,1H3. The first-order chi connectivity index (χ1) is 9.16. The first-order valence-electron chi connectivity index (χ1n) is 6.17. The highest BCUT2D eigenvalue weighted by molar-refractivity contribution is 6.10. The summed E-state index contributed by atoms with van der Waals surface area (Å²) in [6.45, 7) is 2.13. The highest BCUT2D eigenvalue weighted by atomic mass is 16.2. The van der Waals surface area contributed by atoms with E-state index in [4.69, 9.17) is 0 Å². The molecule has 1 amide bonds. The van der Waals surface area contributed by atoms with Gasteiger partial charge in [-0.1, -0.05) is 18.2 Å². The number of rotatable bonds is 2. The van der Waals surface area contributed by atoms with Crippen molar-refractivity contribution in [3.05, 3.63) is 65.2 Å². The van der Waals surface area contributed by atoms with E-state index >= 15 is 0 Å². The maximum absolute atomic E-state index is 12.3. The van der Waals surface area contributed by atoms with Crippen molar-refractivity contribution in [1.82, 2.24) is 0 Å². The van der Waals surface area contributed by atoms with Crippen LogP contribution in [-0.4, -0.2) is 11.7 Å². The summed E-state index contributed by atoms with van der Waals surface area (Å²) < 4.78 is 0. The molecule has 0 bridgehead atoms. The van der Waals surface area contributed by atoms with Gasteiger partial charge in [-0.25, -0.2) is 0 Å². The number of benzene rings is 2. The summed E-state index contributed by atoms with van der Waals surface area (Å²) in [5.41, 5.74) is 3.29. The van der Waals surface area contributed by atoms with Gasteiger partial charge in [0.2, 0.25) is 0 Å². The van der Waals surface area contributed by atoms with Crippen LogP contribution in [0.2, 0.25) is 0 Å². The van der Waals surface area contributed by atoms with Gasteiger partial charge in [0.05, 0.1) is 6.54 Å². The molecule has 0 aliphatic carbocycles. The Morgan fingerprint density at radius 1 is 1.05 bits per heavy atom. The van der Waals surface area contributed by atoms with Crippen molar-refractivity contribution in [2.24, 2.45) is 0 Å². The van der Waals surface area contributed by atoms with E-state index < -0.39 is 0 Å². The van der Waals surface area contributed by atoms with Gasteiger partial charge in [-0.05, 0) is 42.8 Å². The van der Waals surface area contributed by atoms with Crippen molar-refractivity contribution in [3.63, 3.8) is 0 Å². The van der Waals surface area contributed by atoms with Gasteiger partial charge in [0, 0.05) is 16.8 Å². The van der Waals surface area contributed by atoms with Crippen molar-refractivity contribution in [1.29, 1.82) is 0 Å². The molecule has 19 heavy (non-hydrogen) atoms. The second-order valence-electron chi connectivity index (χ2n) is 4.65. The van der Waals surface area contributed by atoms with Gasteiger partial charge in [0.1, 0.15) is 0 Å². The minimum absolute atomic E-state index is 0.0196. The fourth-order valence-electron chi connectivity index (χ4n) is 2.34. The maximum Gasteiger partial charge on any atom is 0.258 e. The largest absolute Gasteiger partial charge is 0.304 e. The number of amides is 1. The van der Waals surface area contributed by atoms with Gasteiger partial charge in [0.25, 0.3) is 5.91 Å². The van der Waals surface area contributed by atoms with E-state index in [1.54, 1.807) is 17.0 Å². The van der Waals surface area contributed by atoms with Gasteiger partial charge in [-0.3, -0.25) is 9.59 Å². The van der Waals surface area contributed by atoms with Crippen LogP contribution in [-0.2, 0) is 6.54 Å². The average molecular weight is 251 g/mol. The quantitative estimate of drug-likeness (QED) is 0.769. The van der Waals surface area contributed by atoms with E-state index in [-0.39, 0.29) is 11.7 Å². The van der Waals surface area contributed by atoms with Crippen molar-refractivity contribution in [2.75, 3.05) is 4.90 Å². The molecule has 94 valence electrons. The smallest absolute Gasteiger partial charge is 0.258 e. The van der Waals surface area contributed by atoms with Gasteiger partial charge >= 0.3 is 0 Å². The van der Waals surface area contributed by atoms with Crippen LogP contribution in [0.25, 0.3) is 0 Å². The molecule has 1 aliphatic rings. The molecule has 0 radical (unpaired) electrons. The lowest BCUT2D eigenvalue weighted by Crippen LogP contribution is -2.22. The number of hydrogen-bond donors (Lipinski definition) is 0. The van der Waals surface area contributed by atoms with Gasteiger partial charge in [-0.2, -0.15) is 0 Å². The summed E-state index contributed by atoms with van der Waals surface area (Å²) in [5, 5.41) is 0. The zero-order valence-electron chi connectivity index (χ0n) is 10.6. The Morgan fingerprint density at radius 3 is 2.37 bits per heavy atom. The first kappa shape index (κ1) is 11.7. The number of nitrogens with zero attached hydrogens (tertiary/aromatic N) is 1. The average Bonchev–Trinajstić information content (AvgIpc) is 2.77. The van der Waals surface area contributed by atoms with Crippen LogP contribution < -0.4 is 4.90 Å². The zero-order valence-corrected chi connectivity index (χ0v) is 10.6. The molecule has 1 heterocycles. The van der Waals surface area contributed by atoms with Crippen molar-refractivity contribution >= 4 is 17.4 Å². The van der Waals surface area contributed by atoms with Crippen molar-refractivity contribution < 1.29 is 9.59 Å². The van der Waals surface area contributed by atoms with E-state index in [2.05, 4.69) is 0 Å². The van der Waals surface area contributed by atoms with E-state index in [1.807, 2.05) is 36.4 Å². The molecular weight excluding hydrogens is 238 g/mol. The summed E-state index contributed by atoms with van der Waals surface area (Å²) in [6, 6.07) is 14.8. The van der Waals surface area contributed by atoms with E-state index in [0.717, 1.165) is 16.8 Å². The van der Waals surface area contributed by atoms with Crippen LogP contribution in [0.4, 0.5) is 5.69 Å². The molecule has 0 unspecified atom stereocenters. The molecule has 3 heteroatoms. The number of Topliss-reactive ketones (excluding diaryl/α,β-unsaturated/α-hetero) is 1. The Balaban J connectivity index is 1.93. The maximum atomic E-state index is 12.3. The number of carbonyl (C=O) groups is 2. The molecule has 0 fully saturated rings. The van der Waals surface area contributed by atoms with Crippen molar-refractivity contribution in [2.45, 2.75) is 13.5 Å². The molecule has 0 N–H and O–H groups in total. The van der Waals surface area contributed by atoms with E-state index in [9.17, 15) is 9.59 Å². The summed E-state index contributed by atoms with van der Waals surface area (Å²) in [5.74, 6) is 0.0498. The van der Waals surface area contributed by atoms with Crippen LogP contribution in [0.3, 0.4) is 0 Å². The molecule has 0 saturated carbocycles. The number of ketones is 1. The number of hydrogen-bond acceptors (Lipinski definition) is 2. The molecule has 0 spiro atoms. The lowest BCUT2D eigenvalue weighted by atomic mass is 10.1. The van der Waals surface area contributed by atoms with Crippen LogP contribution in [0.15, 0.2) is 48.5 Å². The Labute approximate surface area is 111 Å². The lowest BCUT2D eigenvalue weighted by Gasteiger charge is -2.15. The van der Waals surface area contributed by atoms with Crippen LogP contribution in [0.1, 0.15) is 33.2 Å². The Bertz CT molecular complexity index is 659. The second-order valence-corrected chi connectivity index (χ2v) is 4.65. The Kier molecular flexibility index (Phi) is 2.67. The Hall–Kier alpha value is -2.42. The third-order valence-electron chi connectivity index (χ3n) is 3.41. The molecular formula is C16H13NO2. The summed E-state index contributed by atoms with van der Waals surface area (Å²) in [6.07, 6.45) is 0. The number of fused-ring (bicyclic) bond motifs is 1. The van der Waals surface area contributed by atoms with Crippen LogP contribution >= 0.6 is 0 Å². The minimum atomic E-state index is 0.0196. The summed E-state index contributed by atoms with van der Waals surface area (Å²) >= 11 is 0. The van der Waals surface area contributed by atoms with Gasteiger partial charge in [-0.15, -0.1) is 0 Å². The summed E-state index contributed by atoms with van der Waals surface area (Å²) in [7, 11) is 0. The fourth-order valence-corrected chi connectivity index (χ4v) is 2.34. The number of anilines is 1. The van der Waals surface area contributed by atoms with E-state index in [1.165, 1.54) is 6.92 Å². The molecule has 0 aromatic heterocycles. The van der Waals surface area contributed by atoms with Crippen LogP contribution in [0, 0.1) is 0 Å². The first-order valence-corrected chi connectivity index (χ1v) is 6.17. The monoisotopic (exact) mass is 251 g/mol. The molecule has 1 aliphatic heterocycles. The molecule has 3 nitrogen and oxygen atoms in total. The molecule has 0 atom stereocenters. The minimum Gasteiger partial charge on any atom is -0.304 e. The zero-order chi connectivity index (χ0) is 13.4. The molecule has 3 rings (SSSR count). The predicted octanol–water partition coefficient (Wildman–Crippen LogP) is 3.05. The topological polar surface area (TPSA) is 37.4 Å². The van der Waals surface area contributed by atoms with Gasteiger partial charge in [0.15, 0.2) is 5.78 Å². The highest BCUT2D eigenvalue weighted by Crippen LogP contribution is 2.28. The molecule has 2 aromatic carbocycles. The lowest BCUT2D eigenvalue weighted by molar-refractivity contribution is 0.0994. The third-order valence-corrected chi connectivity index (χ3v) is 3.41. The van der Waals surface area contributed by atoms with Crippen LogP contribution in [0.5, 0.6) is 0 Å². The third kappa shape index (κ3) is 1.93. The van der Waals surface area contributed by atoms with Crippen molar-refractivity contribution in [3.8, 4) is 0 Å². The summed E-state index contributed by atoms with van der Waals surface area (Å²) in [4.78, 5) is 25.2. The SMILES string of the molecule is CC(=O)c1ccc(N2Cc3ccccc3C2=O)cc1. The Morgan fingerprint density at radius 2 is 1.74 bits per heavy atom. The predicted molar refractivity (Wildman–Crippen MR) is 73.4 cm³/mol.